The summed E-state index contributed by atoms with van der Waals surface area (Å²) in [5.41, 5.74) is 11.5. The van der Waals surface area contributed by atoms with Crippen LogP contribution in [0.4, 0.5) is 5.69 Å². The summed E-state index contributed by atoms with van der Waals surface area (Å²) >= 11 is 0. The Kier molecular flexibility index (Phi) is 4.61. The van der Waals surface area contributed by atoms with E-state index >= 15 is 0 Å². The SMILES string of the molecule is CC(C)Oc1ccccc1C(NN)c1ccccc1N. The molecule has 0 aliphatic heterocycles. The van der Waals surface area contributed by atoms with Gasteiger partial charge in [-0.05, 0) is 31.5 Å². The van der Waals surface area contributed by atoms with E-state index in [2.05, 4.69) is 5.43 Å². The number of nitrogens with two attached hydrogens (primary N) is 2. The summed E-state index contributed by atoms with van der Waals surface area (Å²) in [5, 5.41) is 0. The van der Waals surface area contributed by atoms with Crippen molar-refractivity contribution in [3.05, 3.63) is 59.7 Å². The maximum absolute atomic E-state index is 6.05. The monoisotopic (exact) mass is 271 g/mol. The van der Waals surface area contributed by atoms with E-state index in [1.165, 1.54) is 0 Å². The maximum atomic E-state index is 6.05. The highest BCUT2D eigenvalue weighted by molar-refractivity contribution is 5.53. The molecule has 0 spiro atoms. The summed E-state index contributed by atoms with van der Waals surface area (Å²) in [6.45, 7) is 4.00. The molecule has 0 heterocycles. The lowest BCUT2D eigenvalue weighted by Gasteiger charge is -2.22. The number of nitrogens with one attached hydrogen (secondary N) is 1. The van der Waals surface area contributed by atoms with E-state index in [0.717, 1.165) is 16.9 Å². The minimum Gasteiger partial charge on any atom is -0.491 e. The smallest absolute Gasteiger partial charge is 0.124 e. The van der Waals surface area contributed by atoms with Gasteiger partial charge in [0.05, 0.1) is 12.1 Å². The fraction of sp³-hybridized carbons (Fsp3) is 0.250. The standard InChI is InChI=1S/C16H21N3O/c1-11(2)20-15-10-6-4-8-13(15)16(19-18)12-7-3-5-9-14(12)17/h3-11,16,19H,17-18H2,1-2H3. The summed E-state index contributed by atoms with van der Waals surface area (Å²) < 4.78 is 5.85. The molecule has 0 aliphatic carbocycles. The topological polar surface area (TPSA) is 73.3 Å². The van der Waals surface area contributed by atoms with Crippen molar-refractivity contribution >= 4 is 5.69 Å². The van der Waals surface area contributed by atoms with E-state index in [-0.39, 0.29) is 12.1 Å². The van der Waals surface area contributed by atoms with Gasteiger partial charge in [-0.3, -0.25) is 5.84 Å². The van der Waals surface area contributed by atoms with Gasteiger partial charge in [-0.1, -0.05) is 36.4 Å². The molecule has 0 aromatic heterocycles. The molecule has 2 aromatic carbocycles. The van der Waals surface area contributed by atoms with Crippen LogP contribution >= 0.6 is 0 Å². The second-order valence-electron chi connectivity index (χ2n) is 4.93. The van der Waals surface area contributed by atoms with Gasteiger partial charge in [0.2, 0.25) is 0 Å². The first-order chi connectivity index (χ1) is 9.63. The minimum atomic E-state index is -0.203. The van der Waals surface area contributed by atoms with Crippen molar-refractivity contribution in [2.24, 2.45) is 5.84 Å². The second-order valence-corrected chi connectivity index (χ2v) is 4.93. The molecule has 0 saturated carbocycles. The molecule has 4 nitrogen and oxygen atoms in total. The van der Waals surface area contributed by atoms with Crippen LogP contribution in [0.1, 0.15) is 31.0 Å². The van der Waals surface area contributed by atoms with Crippen molar-refractivity contribution in [2.75, 3.05) is 5.73 Å². The highest BCUT2D eigenvalue weighted by atomic mass is 16.5. The lowest BCUT2D eigenvalue weighted by atomic mass is 9.97. The Morgan fingerprint density at radius 1 is 0.950 bits per heavy atom. The number of hydrogen-bond donors (Lipinski definition) is 3. The van der Waals surface area contributed by atoms with Crippen molar-refractivity contribution in [1.29, 1.82) is 0 Å². The molecule has 0 fully saturated rings. The first-order valence-electron chi connectivity index (χ1n) is 6.69. The molecule has 5 N–H and O–H groups in total. The number of hydrogen-bond acceptors (Lipinski definition) is 4. The summed E-state index contributed by atoms with van der Waals surface area (Å²) in [7, 11) is 0. The molecule has 4 heteroatoms. The van der Waals surface area contributed by atoms with Crippen LogP contribution in [0.25, 0.3) is 0 Å². The average Bonchev–Trinajstić information content (AvgIpc) is 2.43. The molecule has 0 bridgehead atoms. The van der Waals surface area contributed by atoms with Gasteiger partial charge >= 0.3 is 0 Å². The number of ether oxygens (including phenoxy) is 1. The molecule has 0 saturated heterocycles. The fourth-order valence-corrected chi connectivity index (χ4v) is 2.20. The van der Waals surface area contributed by atoms with Gasteiger partial charge in [0, 0.05) is 11.3 Å². The molecule has 2 rings (SSSR count). The van der Waals surface area contributed by atoms with Crippen molar-refractivity contribution in [3.63, 3.8) is 0 Å². The quantitative estimate of drug-likeness (QED) is 0.444. The van der Waals surface area contributed by atoms with Gasteiger partial charge in [0.25, 0.3) is 0 Å². The Morgan fingerprint density at radius 2 is 1.55 bits per heavy atom. The van der Waals surface area contributed by atoms with Crippen LogP contribution in [0.3, 0.4) is 0 Å². The van der Waals surface area contributed by atoms with Crippen molar-refractivity contribution in [2.45, 2.75) is 26.0 Å². The second kappa shape index (κ2) is 6.41. The fourth-order valence-electron chi connectivity index (χ4n) is 2.20. The molecule has 0 amide bonds. The maximum Gasteiger partial charge on any atom is 0.124 e. The highest BCUT2D eigenvalue weighted by Gasteiger charge is 2.19. The van der Waals surface area contributed by atoms with Crippen LogP contribution in [-0.2, 0) is 0 Å². The molecule has 2 aromatic rings. The van der Waals surface area contributed by atoms with Crippen LogP contribution in [0.5, 0.6) is 5.75 Å². The lowest BCUT2D eigenvalue weighted by Crippen LogP contribution is -2.30. The average molecular weight is 271 g/mol. The summed E-state index contributed by atoms with van der Waals surface area (Å²) in [4.78, 5) is 0. The Morgan fingerprint density at radius 3 is 2.15 bits per heavy atom. The predicted octanol–water partition coefficient (Wildman–Crippen LogP) is 2.61. The van der Waals surface area contributed by atoms with Gasteiger partial charge < -0.3 is 10.5 Å². The third-order valence-electron chi connectivity index (χ3n) is 3.07. The Hall–Kier alpha value is -2.04. The van der Waals surface area contributed by atoms with Crippen LogP contribution in [0.15, 0.2) is 48.5 Å². The van der Waals surface area contributed by atoms with Crippen molar-refractivity contribution in [1.82, 2.24) is 5.43 Å². The number of nitrogen functional groups attached to an aromatic ring is 1. The minimum absolute atomic E-state index is 0.0997. The van der Waals surface area contributed by atoms with Crippen LogP contribution in [-0.4, -0.2) is 6.10 Å². The number of hydrazine groups is 1. The summed E-state index contributed by atoms with van der Waals surface area (Å²) in [5.74, 6) is 6.56. The number of rotatable bonds is 5. The van der Waals surface area contributed by atoms with Gasteiger partial charge in [-0.2, -0.15) is 0 Å². The highest BCUT2D eigenvalue weighted by Crippen LogP contribution is 2.32. The first kappa shape index (κ1) is 14.4. The predicted molar refractivity (Wildman–Crippen MR) is 82.2 cm³/mol. The van der Waals surface area contributed by atoms with Crippen LogP contribution in [0.2, 0.25) is 0 Å². The van der Waals surface area contributed by atoms with E-state index < -0.39 is 0 Å². The van der Waals surface area contributed by atoms with Crippen LogP contribution < -0.4 is 21.7 Å². The van der Waals surface area contributed by atoms with Crippen LogP contribution in [0, 0.1) is 0 Å². The summed E-state index contributed by atoms with van der Waals surface area (Å²) in [6, 6.07) is 15.3. The van der Waals surface area contributed by atoms with E-state index in [0.29, 0.717) is 5.69 Å². The number of benzene rings is 2. The zero-order chi connectivity index (χ0) is 14.5. The van der Waals surface area contributed by atoms with Gasteiger partial charge in [-0.15, -0.1) is 0 Å². The van der Waals surface area contributed by atoms with Gasteiger partial charge in [0.1, 0.15) is 5.75 Å². The lowest BCUT2D eigenvalue weighted by molar-refractivity contribution is 0.238. The van der Waals surface area contributed by atoms with E-state index in [9.17, 15) is 0 Å². The molecular formula is C16H21N3O. The molecule has 0 radical (unpaired) electrons. The van der Waals surface area contributed by atoms with Crippen molar-refractivity contribution < 1.29 is 4.74 Å². The third-order valence-corrected chi connectivity index (χ3v) is 3.07. The largest absolute Gasteiger partial charge is 0.491 e. The Balaban J connectivity index is 2.45. The zero-order valence-corrected chi connectivity index (χ0v) is 11.8. The summed E-state index contributed by atoms with van der Waals surface area (Å²) in [6.07, 6.45) is 0.0997. The Bertz CT molecular complexity index is 569. The third kappa shape index (κ3) is 3.10. The van der Waals surface area contributed by atoms with Crippen molar-refractivity contribution in [3.8, 4) is 5.75 Å². The molecule has 1 unspecified atom stereocenters. The molecule has 1 atom stereocenters. The first-order valence-corrected chi connectivity index (χ1v) is 6.69. The Labute approximate surface area is 119 Å². The zero-order valence-electron chi connectivity index (χ0n) is 11.8. The number of anilines is 1. The van der Waals surface area contributed by atoms with Gasteiger partial charge in [-0.25, -0.2) is 5.43 Å². The van der Waals surface area contributed by atoms with E-state index in [1.807, 2.05) is 62.4 Å². The molecule has 0 aliphatic rings. The number of para-hydroxylation sites is 2. The van der Waals surface area contributed by atoms with E-state index in [1.54, 1.807) is 0 Å². The molecule has 20 heavy (non-hydrogen) atoms. The normalized spacial score (nSPS) is 12.4. The molecular weight excluding hydrogens is 250 g/mol. The van der Waals surface area contributed by atoms with Gasteiger partial charge in [0.15, 0.2) is 0 Å². The van der Waals surface area contributed by atoms with E-state index in [4.69, 9.17) is 16.3 Å². The molecule has 106 valence electrons.